The zero-order valence-electron chi connectivity index (χ0n) is 16.9. The zero-order valence-corrected chi connectivity index (χ0v) is 16.9. The van der Waals surface area contributed by atoms with E-state index < -0.39 is 6.03 Å². The van der Waals surface area contributed by atoms with Crippen molar-refractivity contribution in [1.82, 2.24) is 14.9 Å². The minimum absolute atomic E-state index is 0.0879. The maximum Gasteiger partial charge on any atom is 0.347 e. The molecule has 0 aliphatic carbocycles. The molecule has 1 unspecified atom stereocenters. The SMILES string of the molecule is N/C(=N\C(=O)Nc1cccc2cnccc12)C1CCCN(CCc2ccccn2)C1. The number of nitrogens with two attached hydrogens (primary N) is 1. The molecule has 1 saturated heterocycles. The lowest BCUT2D eigenvalue weighted by Gasteiger charge is -2.32. The van der Waals surface area contributed by atoms with Gasteiger partial charge in [0.2, 0.25) is 0 Å². The third-order valence-corrected chi connectivity index (χ3v) is 5.49. The summed E-state index contributed by atoms with van der Waals surface area (Å²) in [5, 5.41) is 4.74. The van der Waals surface area contributed by atoms with E-state index in [0.29, 0.717) is 11.5 Å². The second kappa shape index (κ2) is 9.45. The van der Waals surface area contributed by atoms with Gasteiger partial charge in [0.25, 0.3) is 0 Å². The summed E-state index contributed by atoms with van der Waals surface area (Å²) >= 11 is 0. The molecule has 1 fully saturated rings. The highest BCUT2D eigenvalue weighted by Crippen LogP contribution is 2.22. The number of amidine groups is 1. The summed E-state index contributed by atoms with van der Waals surface area (Å²) in [6.45, 7) is 2.78. The molecule has 4 rings (SSSR count). The molecule has 1 aliphatic heterocycles. The fourth-order valence-corrected chi connectivity index (χ4v) is 3.90. The highest BCUT2D eigenvalue weighted by Gasteiger charge is 2.23. The number of fused-ring (bicyclic) bond motifs is 1. The number of likely N-dealkylation sites (tertiary alicyclic amines) is 1. The number of urea groups is 1. The first kappa shape index (κ1) is 20.0. The van der Waals surface area contributed by atoms with Crippen LogP contribution in [0.2, 0.25) is 0 Å². The van der Waals surface area contributed by atoms with Gasteiger partial charge in [-0.25, -0.2) is 4.79 Å². The van der Waals surface area contributed by atoms with Crippen molar-refractivity contribution in [2.24, 2.45) is 16.6 Å². The number of rotatable bonds is 5. The number of nitrogens with zero attached hydrogens (tertiary/aromatic N) is 4. The molecule has 7 nitrogen and oxygen atoms in total. The fourth-order valence-electron chi connectivity index (χ4n) is 3.90. The highest BCUT2D eigenvalue weighted by atomic mass is 16.2. The first-order chi connectivity index (χ1) is 14.7. The van der Waals surface area contributed by atoms with Crippen LogP contribution in [0.3, 0.4) is 0 Å². The molecule has 0 saturated carbocycles. The first-order valence-corrected chi connectivity index (χ1v) is 10.3. The molecule has 2 amide bonds. The molecular formula is C23H26N6O. The third kappa shape index (κ3) is 4.99. The van der Waals surface area contributed by atoms with Gasteiger partial charge in [-0.2, -0.15) is 4.99 Å². The Morgan fingerprint density at radius 1 is 1.20 bits per heavy atom. The second-order valence-electron chi connectivity index (χ2n) is 7.58. The molecule has 1 aromatic carbocycles. The number of hydrogen-bond acceptors (Lipinski definition) is 4. The number of carbonyl (C=O) groups is 1. The lowest BCUT2D eigenvalue weighted by Crippen LogP contribution is -2.42. The molecule has 1 aliphatic rings. The maximum atomic E-state index is 12.5. The van der Waals surface area contributed by atoms with E-state index in [1.54, 1.807) is 12.4 Å². The Hall–Kier alpha value is -3.32. The molecule has 3 N–H and O–H groups in total. The van der Waals surface area contributed by atoms with E-state index in [1.165, 1.54) is 0 Å². The van der Waals surface area contributed by atoms with Crippen molar-refractivity contribution in [3.63, 3.8) is 0 Å². The van der Waals surface area contributed by atoms with Crippen molar-refractivity contribution < 1.29 is 4.79 Å². The number of nitrogens with one attached hydrogen (secondary N) is 1. The second-order valence-corrected chi connectivity index (χ2v) is 7.58. The topological polar surface area (TPSA) is 96.5 Å². The summed E-state index contributed by atoms with van der Waals surface area (Å²) in [6, 6.07) is 13.1. The van der Waals surface area contributed by atoms with Crippen LogP contribution >= 0.6 is 0 Å². The molecule has 3 aromatic rings. The molecule has 1 atom stereocenters. The minimum Gasteiger partial charge on any atom is -0.387 e. The van der Waals surface area contributed by atoms with Gasteiger partial charge in [0.05, 0.1) is 5.69 Å². The van der Waals surface area contributed by atoms with E-state index in [1.807, 2.05) is 48.7 Å². The summed E-state index contributed by atoms with van der Waals surface area (Å²) in [7, 11) is 0. The van der Waals surface area contributed by atoms with Gasteiger partial charge in [-0.3, -0.25) is 9.97 Å². The van der Waals surface area contributed by atoms with E-state index in [4.69, 9.17) is 5.73 Å². The van der Waals surface area contributed by atoms with Crippen molar-refractivity contribution in [1.29, 1.82) is 0 Å². The summed E-state index contributed by atoms with van der Waals surface area (Å²) in [5.74, 6) is 0.488. The van der Waals surface area contributed by atoms with Gasteiger partial charge in [-0.1, -0.05) is 18.2 Å². The number of benzene rings is 1. The third-order valence-electron chi connectivity index (χ3n) is 5.49. The standard InChI is InChI=1S/C23H26N6O/c24-22(18-6-4-13-29(16-18)14-10-19-7-1-2-11-26-19)28-23(30)27-21-8-3-5-17-15-25-12-9-20(17)21/h1-3,5,7-9,11-12,15,18H,4,6,10,13-14,16H2,(H3,24,27,28,30). The average Bonchev–Trinajstić information content (AvgIpc) is 2.79. The molecule has 2 aromatic heterocycles. The normalized spacial score (nSPS) is 17.7. The van der Waals surface area contributed by atoms with Crippen molar-refractivity contribution in [3.8, 4) is 0 Å². The Balaban J connectivity index is 1.36. The van der Waals surface area contributed by atoms with Crippen LogP contribution in [0.15, 0.2) is 66.0 Å². The zero-order chi connectivity index (χ0) is 20.8. The quantitative estimate of drug-likeness (QED) is 0.503. The summed E-state index contributed by atoms with van der Waals surface area (Å²) in [6.07, 6.45) is 8.19. The molecule has 154 valence electrons. The van der Waals surface area contributed by atoms with E-state index >= 15 is 0 Å². The van der Waals surface area contributed by atoms with Gasteiger partial charge in [-0.15, -0.1) is 0 Å². The predicted octanol–water partition coefficient (Wildman–Crippen LogP) is 3.47. The summed E-state index contributed by atoms with van der Waals surface area (Å²) < 4.78 is 0. The number of aromatic nitrogens is 2. The Morgan fingerprint density at radius 2 is 2.13 bits per heavy atom. The predicted molar refractivity (Wildman–Crippen MR) is 119 cm³/mol. The minimum atomic E-state index is -0.442. The molecule has 7 heteroatoms. The smallest absolute Gasteiger partial charge is 0.347 e. The molecule has 0 spiro atoms. The van der Waals surface area contributed by atoms with Crippen LogP contribution in [-0.4, -0.2) is 46.4 Å². The van der Waals surface area contributed by atoms with Crippen LogP contribution < -0.4 is 11.1 Å². The number of hydrogen-bond donors (Lipinski definition) is 2. The Kier molecular flexibility index (Phi) is 6.29. The van der Waals surface area contributed by atoms with Crippen LogP contribution in [0.25, 0.3) is 10.8 Å². The van der Waals surface area contributed by atoms with E-state index in [-0.39, 0.29) is 5.92 Å². The van der Waals surface area contributed by atoms with Crippen molar-refractivity contribution in [2.75, 3.05) is 25.0 Å². The lowest BCUT2D eigenvalue weighted by molar-refractivity contribution is 0.205. The van der Waals surface area contributed by atoms with Gasteiger partial charge in [0.1, 0.15) is 5.84 Å². The monoisotopic (exact) mass is 402 g/mol. The number of anilines is 1. The van der Waals surface area contributed by atoms with Gasteiger partial charge in [-0.05, 0) is 43.7 Å². The highest BCUT2D eigenvalue weighted by molar-refractivity contribution is 6.05. The number of carbonyl (C=O) groups excluding carboxylic acids is 1. The molecule has 0 radical (unpaired) electrons. The van der Waals surface area contributed by atoms with Gasteiger partial charge >= 0.3 is 6.03 Å². The van der Waals surface area contributed by atoms with Gasteiger partial charge in [0, 0.05) is 60.5 Å². The maximum absolute atomic E-state index is 12.5. The van der Waals surface area contributed by atoms with Crippen LogP contribution in [0.1, 0.15) is 18.5 Å². The van der Waals surface area contributed by atoms with Crippen molar-refractivity contribution in [3.05, 3.63) is 66.7 Å². The van der Waals surface area contributed by atoms with Crippen molar-refractivity contribution >= 4 is 28.3 Å². The first-order valence-electron chi connectivity index (χ1n) is 10.3. The summed E-state index contributed by atoms with van der Waals surface area (Å²) in [4.78, 5) is 27.5. The summed E-state index contributed by atoms with van der Waals surface area (Å²) in [5.41, 5.74) is 8.02. The molecule has 3 heterocycles. The van der Waals surface area contributed by atoms with Gasteiger partial charge < -0.3 is 16.0 Å². The van der Waals surface area contributed by atoms with Crippen LogP contribution in [0.5, 0.6) is 0 Å². The van der Waals surface area contributed by atoms with Crippen LogP contribution in [0.4, 0.5) is 10.5 Å². The Bertz CT molecular complexity index is 1030. The number of piperidine rings is 1. The van der Waals surface area contributed by atoms with E-state index in [0.717, 1.165) is 55.4 Å². The Morgan fingerprint density at radius 3 is 3.00 bits per heavy atom. The molecular weight excluding hydrogens is 376 g/mol. The Labute approximate surface area is 176 Å². The van der Waals surface area contributed by atoms with Crippen LogP contribution in [0, 0.1) is 5.92 Å². The van der Waals surface area contributed by atoms with E-state index in [2.05, 4.69) is 25.2 Å². The number of pyridine rings is 2. The molecule has 30 heavy (non-hydrogen) atoms. The van der Waals surface area contributed by atoms with Crippen molar-refractivity contribution in [2.45, 2.75) is 19.3 Å². The van der Waals surface area contributed by atoms with Crippen LogP contribution in [-0.2, 0) is 6.42 Å². The average molecular weight is 403 g/mol. The largest absolute Gasteiger partial charge is 0.387 e. The fraction of sp³-hybridized carbons (Fsp3) is 0.304. The van der Waals surface area contributed by atoms with E-state index in [9.17, 15) is 4.79 Å². The molecule has 0 bridgehead atoms. The number of aliphatic imine (C=N–C) groups is 1. The lowest BCUT2D eigenvalue weighted by atomic mass is 9.96. The number of amides is 2. The van der Waals surface area contributed by atoms with Gasteiger partial charge in [0.15, 0.2) is 0 Å².